The molecular formula is C15H25N7O2. The number of rotatable bonds is 7. The van der Waals surface area contributed by atoms with Gasteiger partial charge in [0.2, 0.25) is 0 Å². The Hall–Kier alpha value is -2.29. The van der Waals surface area contributed by atoms with Crippen molar-refractivity contribution in [1.82, 2.24) is 25.4 Å². The quantitative estimate of drug-likeness (QED) is 0.453. The number of pyridine rings is 1. The van der Waals surface area contributed by atoms with E-state index in [0.717, 1.165) is 30.6 Å². The fraction of sp³-hybridized carbons (Fsp3) is 0.667. The topological polar surface area (TPSA) is 110 Å². The average Bonchev–Trinajstić information content (AvgIpc) is 2.95. The van der Waals surface area contributed by atoms with E-state index in [9.17, 15) is 10.1 Å². The normalized spacial score (nSPS) is 11.9. The lowest BCUT2D eigenvalue weighted by Gasteiger charge is -2.20. The van der Waals surface area contributed by atoms with Gasteiger partial charge in [-0.3, -0.25) is 10.1 Å². The van der Waals surface area contributed by atoms with Gasteiger partial charge in [0.25, 0.3) is 5.65 Å². The molecule has 2 rings (SSSR count). The lowest BCUT2D eigenvalue weighted by Crippen LogP contribution is -2.36. The molecule has 0 unspecified atom stereocenters. The molecule has 2 N–H and O–H groups in total. The minimum Gasteiger partial charge on any atom is -0.379 e. The second kappa shape index (κ2) is 7.08. The highest BCUT2D eigenvalue weighted by atomic mass is 16.6. The molecule has 0 aromatic carbocycles. The number of fused-ring (bicyclic) bond motifs is 1. The van der Waals surface area contributed by atoms with E-state index in [0.29, 0.717) is 12.2 Å². The van der Waals surface area contributed by atoms with Crippen LogP contribution < -0.4 is 10.6 Å². The summed E-state index contributed by atoms with van der Waals surface area (Å²) in [5, 5.41) is 29.3. The van der Waals surface area contributed by atoms with Crippen molar-refractivity contribution >= 4 is 17.0 Å². The van der Waals surface area contributed by atoms with E-state index in [1.54, 1.807) is 0 Å². The smallest absolute Gasteiger partial charge is 0.338 e. The van der Waals surface area contributed by atoms with Gasteiger partial charge in [0, 0.05) is 23.3 Å². The van der Waals surface area contributed by atoms with Crippen LogP contribution >= 0.6 is 0 Å². The third-order valence-electron chi connectivity index (χ3n) is 3.90. The first-order chi connectivity index (χ1) is 11.2. The summed E-state index contributed by atoms with van der Waals surface area (Å²) in [4.78, 5) is 11.1. The molecule has 2 aromatic heterocycles. The molecule has 9 nitrogen and oxygen atoms in total. The number of nitrogens with one attached hydrogen (secondary N) is 2. The summed E-state index contributed by atoms with van der Waals surface area (Å²) in [6.07, 6.45) is 1.90. The molecule has 0 aliphatic carbocycles. The van der Waals surface area contributed by atoms with E-state index < -0.39 is 4.92 Å². The van der Waals surface area contributed by atoms with Crippen LogP contribution in [0.3, 0.4) is 0 Å². The van der Waals surface area contributed by atoms with Crippen LogP contribution in [0.1, 0.15) is 44.9 Å². The van der Waals surface area contributed by atoms with E-state index in [4.69, 9.17) is 0 Å². The van der Waals surface area contributed by atoms with Gasteiger partial charge in [0.05, 0.1) is 4.92 Å². The maximum atomic E-state index is 11.5. The highest BCUT2D eigenvalue weighted by Gasteiger charge is 2.26. The number of tetrazole rings is 1. The highest BCUT2D eigenvalue weighted by molar-refractivity contribution is 5.78. The van der Waals surface area contributed by atoms with Crippen LogP contribution in [0.25, 0.3) is 5.65 Å². The maximum absolute atomic E-state index is 11.5. The largest absolute Gasteiger partial charge is 0.379 e. The monoisotopic (exact) mass is 335 g/mol. The second-order valence-electron chi connectivity index (χ2n) is 6.92. The van der Waals surface area contributed by atoms with Crippen LogP contribution in [-0.2, 0) is 0 Å². The molecule has 0 saturated carbocycles. The summed E-state index contributed by atoms with van der Waals surface area (Å²) >= 11 is 0. The van der Waals surface area contributed by atoms with Crippen molar-refractivity contribution in [3.05, 3.63) is 21.4 Å². The Labute approximate surface area is 141 Å². The van der Waals surface area contributed by atoms with E-state index in [-0.39, 0.29) is 16.9 Å². The number of nitro groups is 1. The summed E-state index contributed by atoms with van der Waals surface area (Å²) < 4.78 is 1.41. The lowest BCUT2D eigenvalue weighted by atomic mass is 10.1. The molecule has 0 aliphatic heterocycles. The third kappa shape index (κ3) is 3.97. The fourth-order valence-electron chi connectivity index (χ4n) is 2.51. The number of aryl methyl sites for hydroxylation is 1. The molecule has 0 radical (unpaired) electrons. The highest BCUT2D eigenvalue weighted by Crippen LogP contribution is 2.33. The fourth-order valence-corrected chi connectivity index (χ4v) is 2.51. The van der Waals surface area contributed by atoms with Crippen LogP contribution in [0.15, 0.2) is 0 Å². The minimum atomic E-state index is -0.429. The van der Waals surface area contributed by atoms with Crippen molar-refractivity contribution in [3.63, 3.8) is 0 Å². The first-order valence-corrected chi connectivity index (χ1v) is 8.07. The van der Waals surface area contributed by atoms with Crippen molar-refractivity contribution in [2.45, 2.75) is 53.0 Å². The molecule has 0 aliphatic rings. The number of unbranched alkanes of at least 4 members (excludes halogenated alkanes) is 1. The summed E-state index contributed by atoms with van der Waals surface area (Å²) in [5.74, 6) is 0. The molecule has 2 aromatic rings. The van der Waals surface area contributed by atoms with Gasteiger partial charge in [-0.05, 0) is 64.4 Å². The molecule has 0 fully saturated rings. The molecule has 9 heteroatoms. The Bertz CT molecular complexity index is 733. The van der Waals surface area contributed by atoms with Crippen LogP contribution in [0.2, 0.25) is 0 Å². The van der Waals surface area contributed by atoms with Crippen LogP contribution in [-0.4, -0.2) is 43.6 Å². The number of nitrogens with zero attached hydrogens (tertiary/aromatic N) is 5. The minimum absolute atomic E-state index is 0.0732. The van der Waals surface area contributed by atoms with Crippen LogP contribution in [0, 0.1) is 24.0 Å². The zero-order valence-corrected chi connectivity index (χ0v) is 14.9. The van der Waals surface area contributed by atoms with Gasteiger partial charge in [0.15, 0.2) is 0 Å². The molecule has 0 bridgehead atoms. The summed E-state index contributed by atoms with van der Waals surface area (Å²) in [6.45, 7) is 11.6. The average molecular weight is 335 g/mol. The van der Waals surface area contributed by atoms with Gasteiger partial charge in [-0.15, -0.1) is 5.10 Å². The predicted molar refractivity (Wildman–Crippen MR) is 92.4 cm³/mol. The Balaban J connectivity index is 2.10. The zero-order chi connectivity index (χ0) is 17.9. The van der Waals surface area contributed by atoms with E-state index in [2.05, 4.69) is 46.9 Å². The Morgan fingerprint density at radius 1 is 1.21 bits per heavy atom. The number of hydrogen-bond donors (Lipinski definition) is 2. The van der Waals surface area contributed by atoms with Gasteiger partial charge in [-0.25, -0.2) is 0 Å². The van der Waals surface area contributed by atoms with Crippen molar-refractivity contribution in [2.24, 2.45) is 0 Å². The van der Waals surface area contributed by atoms with Gasteiger partial charge >= 0.3 is 5.69 Å². The number of aromatic nitrogens is 4. The van der Waals surface area contributed by atoms with Gasteiger partial charge < -0.3 is 10.6 Å². The van der Waals surface area contributed by atoms with E-state index in [1.807, 2.05) is 13.8 Å². The summed E-state index contributed by atoms with van der Waals surface area (Å²) in [6, 6.07) is 0. The number of hydrogen-bond acceptors (Lipinski definition) is 7. The predicted octanol–water partition coefficient (Wildman–Crippen LogP) is 2.23. The second-order valence-corrected chi connectivity index (χ2v) is 6.92. The van der Waals surface area contributed by atoms with Crippen molar-refractivity contribution in [3.8, 4) is 0 Å². The Morgan fingerprint density at radius 2 is 1.88 bits per heavy atom. The summed E-state index contributed by atoms with van der Waals surface area (Å²) in [5.41, 5.74) is 2.28. The molecular weight excluding hydrogens is 310 g/mol. The first kappa shape index (κ1) is 18.1. The molecule has 2 heterocycles. The summed E-state index contributed by atoms with van der Waals surface area (Å²) in [7, 11) is 0. The molecule has 0 saturated heterocycles. The van der Waals surface area contributed by atoms with E-state index >= 15 is 0 Å². The lowest BCUT2D eigenvalue weighted by molar-refractivity contribution is -0.382. The first-order valence-electron chi connectivity index (χ1n) is 8.07. The molecule has 132 valence electrons. The Kier molecular flexibility index (Phi) is 5.33. The Morgan fingerprint density at radius 3 is 2.50 bits per heavy atom. The van der Waals surface area contributed by atoms with Crippen molar-refractivity contribution < 1.29 is 4.92 Å². The SMILES string of the molecule is Cc1c(NCCCCNC(C)(C)C)c([N+](=O)[O-])c2nnnn2c1C. The van der Waals surface area contributed by atoms with Gasteiger partial charge in [0.1, 0.15) is 5.69 Å². The molecule has 0 amide bonds. The third-order valence-corrected chi connectivity index (χ3v) is 3.90. The standard InChI is InChI=1S/C15H25N7O2/c1-10-11(2)21-14(18-19-20-21)13(22(23)24)12(10)16-8-6-7-9-17-15(3,4)5/h16-17H,6-9H2,1-5H3. The van der Waals surface area contributed by atoms with E-state index in [1.165, 1.54) is 4.52 Å². The van der Waals surface area contributed by atoms with Gasteiger partial charge in [-0.1, -0.05) is 0 Å². The molecule has 24 heavy (non-hydrogen) atoms. The maximum Gasteiger partial charge on any atom is 0.338 e. The number of anilines is 1. The van der Waals surface area contributed by atoms with Crippen LogP contribution in [0.5, 0.6) is 0 Å². The molecule has 0 spiro atoms. The molecule has 0 atom stereocenters. The van der Waals surface area contributed by atoms with Gasteiger partial charge in [-0.2, -0.15) is 4.52 Å². The van der Waals surface area contributed by atoms with Crippen LogP contribution in [0.4, 0.5) is 11.4 Å². The van der Waals surface area contributed by atoms with Crippen molar-refractivity contribution in [1.29, 1.82) is 0 Å². The zero-order valence-electron chi connectivity index (χ0n) is 14.9. The van der Waals surface area contributed by atoms with Crippen molar-refractivity contribution in [2.75, 3.05) is 18.4 Å².